The van der Waals surface area contributed by atoms with Gasteiger partial charge < -0.3 is 10.2 Å². The molecule has 0 unspecified atom stereocenters. The maximum Gasteiger partial charge on any atom is 0.243 e. The van der Waals surface area contributed by atoms with E-state index in [0.29, 0.717) is 11.4 Å². The molecule has 1 aromatic rings. The van der Waals surface area contributed by atoms with Crippen molar-refractivity contribution in [1.82, 2.24) is 14.5 Å². The molecule has 21 heavy (non-hydrogen) atoms. The normalized spacial score (nSPS) is 16.9. The topological polar surface area (TPSA) is 52.7 Å². The van der Waals surface area contributed by atoms with Crippen LogP contribution in [-0.2, 0) is 16.6 Å². The Kier molecular flexibility index (Phi) is 6.19. The summed E-state index contributed by atoms with van der Waals surface area (Å²) in [5.74, 6) is 0. The van der Waals surface area contributed by atoms with Crippen LogP contribution in [0, 0.1) is 0 Å². The van der Waals surface area contributed by atoms with Crippen molar-refractivity contribution in [3.05, 3.63) is 16.3 Å². The van der Waals surface area contributed by atoms with Crippen molar-refractivity contribution in [3.63, 3.8) is 0 Å². The molecule has 0 bridgehead atoms. The van der Waals surface area contributed by atoms with Gasteiger partial charge in [-0.15, -0.1) is 11.3 Å². The number of sulfonamides is 1. The van der Waals surface area contributed by atoms with E-state index >= 15 is 0 Å². The minimum atomic E-state index is -3.35. The molecule has 0 aromatic carbocycles. The molecular formula is C14H25N3O2S2. The van der Waals surface area contributed by atoms with Crippen molar-refractivity contribution in [2.75, 3.05) is 39.8 Å². The number of rotatable bonds is 8. The Labute approximate surface area is 132 Å². The summed E-state index contributed by atoms with van der Waals surface area (Å²) in [7, 11) is -1.67. The van der Waals surface area contributed by atoms with Gasteiger partial charge in [0.25, 0.3) is 0 Å². The van der Waals surface area contributed by atoms with Gasteiger partial charge in [0.05, 0.1) is 4.90 Å². The van der Waals surface area contributed by atoms with E-state index in [1.54, 1.807) is 18.5 Å². The molecule has 1 aromatic heterocycles. The third-order valence-corrected chi connectivity index (χ3v) is 6.74. The van der Waals surface area contributed by atoms with Crippen LogP contribution in [0.3, 0.4) is 0 Å². The average Bonchev–Trinajstić information content (AvgIpc) is 3.13. The summed E-state index contributed by atoms with van der Waals surface area (Å²) in [5, 5.41) is 4.96. The van der Waals surface area contributed by atoms with Crippen LogP contribution in [0.4, 0.5) is 0 Å². The van der Waals surface area contributed by atoms with Gasteiger partial charge in [-0.1, -0.05) is 6.92 Å². The molecule has 0 aliphatic carbocycles. The largest absolute Gasteiger partial charge is 0.312 e. The Hall–Kier alpha value is -0.470. The SMILES string of the molecule is CCNCc1cc(S(=O)(=O)N(C)CCN2CCCC2)cs1. The number of likely N-dealkylation sites (N-methyl/N-ethyl adjacent to an activating group) is 1. The fraction of sp³-hybridized carbons (Fsp3) is 0.714. The Morgan fingerprint density at radius 2 is 2.10 bits per heavy atom. The van der Waals surface area contributed by atoms with E-state index in [9.17, 15) is 8.42 Å². The predicted molar refractivity (Wildman–Crippen MR) is 87.2 cm³/mol. The minimum absolute atomic E-state index is 0.421. The molecule has 0 amide bonds. The van der Waals surface area contributed by atoms with Gasteiger partial charge in [-0.25, -0.2) is 8.42 Å². The molecule has 0 radical (unpaired) electrons. The van der Waals surface area contributed by atoms with E-state index in [4.69, 9.17) is 0 Å². The standard InChI is InChI=1S/C14H25N3O2S2/c1-3-15-11-13-10-14(12-20-13)21(18,19)16(2)8-9-17-6-4-5-7-17/h10,12,15H,3-9,11H2,1-2H3. The highest BCUT2D eigenvalue weighted by Crippen LogP contribution is 2.22. The molecule has 0 spiro atoms. The van der Waals surface area contributed by atoms with Crippen molar-refractivity contribution in [1.29, 1.82) is 0 Å². The maximum absolute atomic E-state index is 12.5. The first-order valence-electron chi connectivity index (χ1n) is 7.51. The van der Waals surface area contributed by atoms with E-state index < -0.39 is 10.0 Å². The van der Waals surface area contributed by atoms with Crippen molar-refractivity contribution >= 4 is 21.4 Å². The fourth-order valence-electron chi connectivity index (χ4n) is 2.43. The number of nitrogens with one attached hydrogen (secondary N) is 1. The summed E-state index contributed by atoms with van der Waals surface area (Å²) in [4.78, 5) is 3.81. The molecule has 0 atom stereocenters. The lowest BCUT2D eigenvalue weighted by Crippen LogP contribution is -2.35. The van der Waals surface area contributed by atoms with Gasteiger partial charge in [0.2, 0.25) is 10.0 Å². The number of hydrogen-bond acceptors (Lipinski definition) is 5. The van der Waals surface area contributed by atoms with E-state index in [2.05, 4.69) is 10.2 Å². The molecule has 2 rings (SSSR count). The van der Waals surface area contributed by atoms with Crippen molar-refractivity contribution in [2.24, 2.45) is 0 Å². The van der Waals surface area contributed by atoms with E-state index in [0.717, 1.165) is 37.6 Å². The predicted octanol–water partition coefficient (Wildman–Crippen LogP) is 1.57. The highest BCUT2D eigenvalue weighted by Gasteiger charge is 2.23. The van der Waals surface area contributed by atoms with Crippen LogP contribution >= 0.6 is 11.3 Å². The second-order valence-electron chi connectivity index (χ2n) is 5.40. The highest BCUT2D eigenvalue weighted by molar-refractivity contribution is 7.89. The number of nitrogens with zero attached hydrogens (tertiary/aromatic N) is 2. The maximum atomic E-state index is 12.5. The molecule has 2 heterocycles. The summed E-state index contributed by atoms with van der Waals surface area (Å²) in [5.41, 5.74) is 0. The molecule has 120 valence electrons. The monoisotopic (exact) mass is 331 g/mol. The zero-order valence-electron chi connectivity index (χ0n) is 12.8. The smallest absolute Gasteiger partial charge is 0.243 e. The lowest BCUT2D eigenvalue weighted by molar-refractivity contribution is 0.310. The van der Waals surface area contributed by atoms with Crippen molar-refractivity contribution in [2.45, 2.75) is 31.2 Å². The summed E-state index contributed by atoms with van der Waals surface area (Å²) >= 11 is 1.50. The highest BCUT2D eigenvalue weighted by atomic mass is 32.2. The molecule has 1 fully saturated rings. The van der Waals surface area contributed by atoms with Crippen molar-refractivity contribution < 1.29 is 8.42 Å². The molecule has 7 heteroatoms. The molecule has 1 aliphatic rings. The van der Waals surface area contributed by atoms with E-state index in [1.165, 1.54) is 28.5 Å². The minimum Gasteiger partial charge on any atom is -0.312 e. The van der Waals surface area contributed by atoms with Crippen LogP contribution in [0.25, 0.3) is 0 Å². The van der Waals surface area contributed by atoms with Gasteiger partial charge in [-0.3, -0.25) is 0 Å². The Morgan fingerprint density at radius 1 is 1.38 bits per heavy atom. The quantitative estimate of drug-likeness (QED) is 0.786. The fourth-order valence-corrected chi connectivity index (χ4v) is 4.82. The summed E-state index contributed by atoms with van der Waals surface area (Å²) in [6.07, 6.45) is 2.46. The zero-order valence-corrected chi connectivity index (χ0v) is 14.5. The lowest BCUT2D eigenvalue weighted by Gasteiger charge is -2.20. The van der Waals surface area contributed by atoms with Crippen LogP contribution in [0.2, 0.25) is 0 Å². The first kappa shape index (κ1) is 16.9. The average molecular weight is 332 g/mol. The van der Waals surface area contributed by atoms with Gasteiger partial charge in [0.1, 0.15) is 0 Å². The van der Waals surface area contributed by atoms with Crippen LogP contribution in [-0.4, -0.2) is 57.4 Å². The molecule has 1 N–H and O–H groups in total. The van der Waals surface area contributed by atoms with E-state index in [-0.39, 0.29) is 0 Å². The Bertz CT molecular complexity index is 536. The lowest BCUT2D eigenvalue weighted by atomic mass is 10.4. The molecule has 1 aliphatic heterocycles. The second kappa shape index (κ2) is 7.69. The van der Waals surface area contributed by atoms with Gasteiger partial charge >= 0.3 is 0 Å². The number of likely N-dealkylation sites (tertiary alicyclic amines) is 1. The van der Waals surface area contributed by atoms with Gasteiger partial charge in [0, 0.05) is 36.9 Å². The van der Waals surface area contributed by atoms with Crippen LogP contribution in [0.1, 0.15) is 24.6 Å². The summed E-state index contributed by atoms with van der Waals surface area (Å²) < 4.78 is 26.5. The third kappa shape index (κ3) is 4.50. The van der Waals surface area contributed by atoms with Crippen LogP contribution < -0.4 is 5.32 Å². The Balaban J connectivity index is 1.93. The summed E-state index contributed by atoms with van der Waals surface area (Å²) in [6, 6.07) is 1.79. The summed E-state index contributed by atoms with van der Waals surface area (Å²) in [6.45, 7) is 7.23. The Morgan fingerprint density at radius 3 is 2.76 bits per heavy atom. The molecule has 0 saturated carbocycles. The molecular weight excluding hydrogens is 306 g/mol. The molecule has 5 nitrogen and oxygen atoms in total. The third-order valence-electron chi connectivity index (χ3n) is 3.82. The van der Waals surface area contributed by atoms with Gasteiger partial charge in [-0.2, -0.15) is 4.31 Å². The first-order chi connectivity index (χ1) is 10.0. The second-order valence-corrected chi connectivity index (χ2v) is 8.45. The van der Waals surface area contributed by atoms with Crippen LogP contribution in [0.15, 0.2) is 16.3 Å². The van der Waals surface area contributed by atoms with Gasteiger partial charge in [0.15, 0.2) is 0 Å². The van der Waals surface area contributed by atoms with Crippen molar-refractivity contribution in [3.8, 4) is 0 Å². The van der Waals surface area contributed by atoms with Crippen LogP contribution in [0.5, 0.6) is 0 Å². The molecule has 1 saturated heterocycles. The first-order valence-corrected chi connectivity index (χ1v) is 9.83. The number of hydrogen-bond donors (Lipinski definition) is 1. The van der Waals surface area contributed by atoms with E-state index in [1.807, 2.05) is 6.92 Å². The zero-order chi connectivity index (χ0) is 15.3. The van der Waals surface area contributed by atoms with Gasteiger partial charge in [-0.05, 0) is 38.5 Å². The number of thiophene rings is 1.